The third-order valence-corrected chi connectivity index (χ3v) is 6.95. The molecule has 10 heteroatoms. The van der Waals surface area contributed by atoms with Crippen molar-refractivity contribution in [3.63, 3.8) is 0 Å². The molecule has 31 heavy (non-hydrogen) atoms. The molecule has 1 unspecified atom stereocenters. The maximum atomic E-state index is 15.3. The number of benzene rings is 1. The van der Waals surface area contributed by atoms with Crippen molar-refractivity contribution in [2.75, 3.05) is 25.1 Å². The van der Waals surface area contributed by atoms with Crippen LogP contribution in [0.5, 0.6) is 5.75 Å². The summed E-state index contributed by atoms with van der Waals surface area (Å²) in [6.45, 7) is 0.395. The molecule has 0 bridgehead atoms. The number of hydrogen-bond acceptors (Lipinski definition) is 5. The van der Waals surface area contributed by atoms with E-state index in [0.717, 1.165) is 12.3 Å². The van der Waals surface area contributed by atoms with E-state index in [9.17, 15) is 23.5 Å². The summed E-state index contributed by atoms with van der Waals surface area (Å²) < 4.78 is 50.5. The van der Waals surface area contributed by atoms with Crippen LogP contribution in [-0.4, -0.2) is 53.7 Å². The molecule has 5 atom stereocenters. The molecule has 0 spiro atoms. The van der Waals surface area contributed by atoms with Crippen LogP contribution >= 0.6 is 0 Å². The Morgan fingerprint density at radius 3 is 2.65 bits per heavy atom. The summed E-state index contributed by atoms with van der Waals surface area (Å²) in [5, 5.41) is 9.19. The number of carboxylic acid groups (broad SMARTS) is 1. The first-order chi connectivity index (χ1) is 14.7. The van der Waals surface area contributed by atoms with Crippen LogP contribution in [0, 0.1) is 11.7 Å². The highest BCUT2D eigenvalue weighted by Crippen LogP contribution is 2.49. The molecular weight excluding hydrogens is 415 g/mol. The number of nitrogens with zero attached hydrogens (tertiary/aromatic N) is 2. The van der Waals surface area contributed by atoms with Crippen molar-refractivity contribution in [2.24, 2.45) is 11.7 Å². The maximum absolute atomic E-state index is 15.3. The maximum Gasteiger partial charge on any atom is 0.341 e. The highest BCUT2D eigenvalue weighted by Gasteiger charge is 2.53. The molecule has 1 saturated heterocycles. The lowest BCUT2D eigenvalue weighted by Gasteiger charge is -2.26. The van der Waals surface area contributed by atoms with Gasteiger partial charge in [-0.2, -0.15) is 0 Å². The van der Waals surface area contributed by atoms with Crippen LogP contribution in [0.4, 0.5) is 18.9 Å². The van der Waals surface area contributed by atoms with E-state index in [1.165, 1.54) is 11.7 Å². The predicted octanol–water partition coefficient (Wildman–Crippen LogP) is 2.40. The predicted molar refractivity (Wildman–Crippen MR) is 107 cm³/mol. The van der Waals surface area contributed by atoms with Gasteiger partial charge >= 0.3 is 5.97 Å². The van der Waals surface area contributed by atoms with Crippen molar-refractivity contribution in [1.82, 2.24) is 4.57 Å². The zero-order valence-electron chi connectivity index (χ0n) is 16.8. The number of rotatable bonds is 4. The molecule has 0 radical (unpaired) electrons. The average molecular weight is 437 g/mol. The fourth-order valence-electron chi connectivity index (χ4n) is 5.26. The molecule has 3 N–H and O–H groups in total. The van der Waals surface area contributed by atoms with E-state index >= 15 is 4.39 Å². The molecule has 1 aliphatic heterocycles. The van der Waals surface area contributed by atoms with Gasteiger partial charge in [0, 0.05) is 37.2 Å². The number of anilines is 1. The summed E-state index contributed by atoms with van der Waals surface area (Å²) in [5.74, 6) is -2.75. The highest BCUT2D eigenvalue weighted by molar-refractivity contribution is 5.97. The third kappa shape index (κ3) is 2.84. The Balaban J connectivity index is 1.75. The smallest absolute Gasteiger partial charge is 0.341 e. The summed E-state index contributed by atoms with van der Waals surface area (Å²) in [6, 6.07) is 0.278. The number of aromatic carboxylic acids is 1. The van der Waals surface area contributed by atoms with Gasteiger partial charge in [-0.1, -0.05) is 0 Å². The van der Waals surface area contributed by atoms with Gasteiger partial charge in [0.1, 0.15) is 23.6 Å². The molecule has 2 aliphatic carbocycles. The van der Waals surface area contributed by atoms with Crippen molar-refractivity contribution < 1.29 is 27.8 Å². The highest BCUT2D eigenvalue weighted by atomic mass is 19.1. The molecule has 3 fully saturated rings. The standard InChI is InChI=1S/C21H22F3N3O4/c1-31-19-16-9(18(28)10(20(29)30)6-27(16)15-5-13(15)23)4-14(24)17(19)26-7-11-12(22)2-3-21(11,25)8-26/h4,6,11-13,15H,2-3,5,7-8,25H2,1H3,(H,29,30)/t11-,12+,13-,15?,21+/m0/s1. The second-order valence-corrected chi connectivity index (χ2v) is 8.81. The average Bonchev–Trinajstić information content (AvgIpc) is 3.24. The van der Waals surface area contributed by atoms with E-state index in [4.69, 9.17) is 10.5 Å². The van der Waals surface area contributed by atoms with Crippen LogP contribution in [0.3, 0.4) is 0 Å². The van der Waals surface area contributed by atoms with Gasteiger partial charge in [0.15, 0.2) is 11.6 Å². The summed E-state index contributed by atoms with van der Waals surface area (Å²) in [4.78, 5) is 25.9. The molecule has 2 heterocycles. The van der Waals surface area contributed by atoms with Crippen LogP contribution < -0.4 is 20.8 Å². The minimum absolute atomic E-state index is 0.0119. The number of halogens is 3. The van der Waals surface area contributed by atoms with Crippen LogP contribution in [0.25, 0.3) is 10.9 Å². The quantitative estimate of drug-likeness (QED) is 0.763. The van der Waals surface area contributed by atoms with Gasteiger partial charge in [-0.05, 0) is 18.9 Å². The zero-order valence-corrected chi connectivity index (χ0v) is 16.8. The lowest BCUT2D eigenvalue weighted by atomic mass is 9.92. The van der Waals surface area contributed by atoms with Crippen LogP contribution in [0.1, 0.15) is 35.7 Å². The summed E-state index contributed by atoms with van der Waals surface area (Å²) in [6.07, 6.45) is -0.221. The number of pyridine rings is 1. The minimum Gasteiger partial charge on any atom is -0.492 e. The molecule has 5 rings (SSSR count). The van der Waals surface area contributed by atoms with Crippen molar-refractivity contribution in [1.29, 1.82) is 0 Å². The van der Waals surface area contributed by atoms with Crippen molar-refractivity contribution in [3.8, 4) is 5.75 Å². The van der Waals surface area contributed by atoms with Gasteiger partial charge in [0.05, 0.1) is 24.1 Å². The summed E-state index contributed by atoms with van der Waals surface area (Å²) in [5.41, 5.74) is 4.31. The Bertz CT molecular complexity index is 1170. The number of carbonyl (C=O) groups is 1. The number of hydrogen-bond donors (Lipinski definition) is 2. The molecule has 1 aromatic carbocycles. The summed E-state index contributed by atoms with van der Waals surface area (Å²) >= 11 is 0. The number of ether oxygens (including phenoxy) is 1. The van der Waals surface area contributed by atoms with Gasteiger partial charge in [0.2, 0.25) is 5.43 Å². The molecule has 7 nitrogen and oxygen atoms in total. The molecule has 166 valence electrons. The van der Waals surface area contributed by atoms with Crippen molar-refractivity contribution in [3.05, 3.63) is 33.9 Å². The fraction of sp³-hybridized carbons (Fsp3) is 0.524. The van der Waals surface area contributed by atoms with E-state index in [2.05, 4.69) is 0 Å². The van der Waals surface area contributed by atoms with Crippen molar-refractivity contribution >= 4 is 22.6 Å². The number of fused-ring (bicyclic) bond motifs is 2. The second kappa shape index (κ2) is 6.62. The Labute approximate surface area is 175 Å². The minimum atomic E-state index is -1.48. The molecule has 1 aromatic heterocycles. The summed E-state index contributed by atoms with van der Waals surface area (Å²) in [7, 11) is 1.30. The SMILES string of the molecule is COc1c(N2C[C@H]3[C@H](F)CC[C@@]3(N)C2)c(F)cc2c(=O)c(C(=O)O)cn(C3C[C@@H]3F)c12. The van der Waals surface area contributed by atoms with Gasteiger partial charge in [-0.15, -0.1) is 0 Å². The largest absolute Gasteiger partial charge is 0.492 e. The van der Waals surface area contributed by atoms with Crippen LogP contribution in [0.2, 0.25) is 0 Å². The first-order valence-corrected chi connectivity index (χ1v) is 10.2. The van der Waals surface area contributed by atoms with Crippen LogP contribution in [-0.2, 0) is 0 Å². The topological polar surface area (TPSA) is 97.8 Å². The van der Waals surface area contributed by atoms with Crippen LogP contribution in [0.15, 0.2) is 17.1 Å². The molecule has 2 saturated carbocycles. The number of alkyl halides is 2. The van der Waals surface area contributed by atoms with E-state index < -0.39 is 52.6 Å². The number of nitrogens with two attached hydrogens (primary N) is 1. The number of methoxy groups -OCH3 is 1. The van der Waals surface area contributed by atoms with Gasteiger partial charge in [-0.3, -0.25) is 4.79 Å². The monoisotopic (exact) mass is 437 g/mol. The van der Waals surface area contributed by atoms with Gasteiger partial charge < -0.3 is 25.0 Å². The lowest BCUT2D eigenvalue weighted by Crippen LogP contribution is -2.45. The first-order valence-electron chi connectivity index (χ1n) is 10.2. The van der Waals surface area contributed by atoms with E-state index in [0.29, 0.717) is 12.8 Å². The Kier molecular flexibility index (Phi) is 4.31. The zero-order chi connectivity index (χ0) is 22.2. The Hall–Kier alpha value is -2.75. The Morgan fingerprint density at radius 1 is 1.35 bits per heavy atom. The third-order valence-electron chi connectivity index (χ3n) is 6.95. The first kappa shape index (κ1) is 20.2. The number of aromatic nitrogens is 1. The van der Waals surface area contributed by atoms with E-state index in [-0.39, 0.29) is 41.9 Å². The Morgan fingerprint density at radius 2 is 2.06 bits per heavy atom. The van der Waals surface area contributed by atoms with E-state index in [1.54, 1.807) is 4.90 Å². The molecular formula is C21H22F3N3O4. The molecule has 0 amide bonds. The van der Waals surface area contributed by atoms with Gasteiger partial charge in [0.25, 0.3) is 0 Å². The molecule has 3 aliphatic rings. The lowest BCUT2D eigenvalue weighted by molar-refractivity contribution is 0.0694. The number of carboxylic acids is 1. The van der Waals surface area contributed by atoms with Gasteiger partial charge in [-0.25, -0.2) is 18.0 Å². The molecule has 2 aromatic rings. The van der Waals surface area contributed by atoms with Crippen molar-refractivity contribution in [2.45, 2.75) is 43.2 Å². The second-order valence-electron chi connectivity index (χ2n) is 8.81. The van der Waals surface area contributed by atoms with E-state index in [1.807, 2.05) is 0 Å². The normalized spacial score (nSPS) is 31.8. The fourth-order valence-corrected chi connectivity index (χ4v) is 5.26.